The van der Waals surface area contributed by atoms with Crippen LogP contribution in [-0.2, 0) is 4.79 Å². The maximum absolute atomic E-state index is 12.5. The smallest absolute Gasteiger partial charge is 0.321 e. The third kappa shape index (κ3) is 4.29. The zero-order valence-electron chi connectivity index (χ0n) is 14.2. The number of likely N-dealkylation sites (tertiary alicyclic amines) is 1. The molecule has 134 valence electrons. The fraction of sp³-hybridized carbons (Fsp3) is 0.500. The van der Waals surface area contributed by atoms with Gasteiger partial charge in [-0.15, -0.1) is 0 Å². The van der Waals surface area contributed by atoms with Gasteiger partial charge in [-0.25, -0.2) is 4.79 Å². The van der Waals surface area contributed by atoms with E-state index in [0.717, 1.165) is 18.4 Å². The number of carboxylic acids is 1. The molecule has 0 spiro atoms. The van der Waals surface area contributed by atoms with Gasteiger partial charge in [-0.2, -0.15) is 0 Å². The van der Waals surface area contributed by atoms with E-state index in [4.69, 9.17) is 5.11 Å². The summed E-state index contributed by atoms with van der Waals surface area (Å²) < 4.78 is 0. The molecule has 1 saturated carbocycles. The van der Waals surface area contributed by atoms with Gasteiger partial charge in [0.1, 0.15) is 0 Å². The minimum absolute atomic E-state index is 0.137. The molecule has 1 heterocycles. The quantitative estimate of drug-likeness (QED) is 0.779. The van der Waals surface area contributed by atoms with Crippen molar-refractivity contribution >= 4 is 23.6 Å². The summed E-state index contributed by atoms with van der Waals surface area (Å²) in [5.74, 6) is -1.52. The van der Waals surface area contributed by atoms with Crippen LogP contribution in [0.1, 0.15) is 41.6 Å². The Kier molecular flexibility index (Phi) is 4.92. The molecular weight excluding hydrogens is 322 g/mol. The summed E-state index contributed by atoms with van der Waals surface area (Å²) in [7, 11) is 0. The highest BCUT2D eigenvalue weighted by molar-refractivity contribution is 5.97. The van der Waals surface area contributed by atoms with E-state index < -0.39 is 11.9 Å². The molecule has 1 aromatic carbocycles. The van der Waals surface area contributed by atoms with Gasteiger partial charge in [0.15, 0.2) is 0 Å². The average molecular weight is 345 g/mol. The van der Waals surface area contributed by atoms with Gasteiger partial charge in [0.05, 0.1) is 5.92 Å². The number of aryl methyl sites for hydroxylation is 1. The van der Waals surface area contributed by atoms with Crippen molar-refractivity contribution in [3.63, 3.8) is 0 Å². The summed E-state index contributed by atoms with van der Waals surface area (Å²) in [6.07, 6.45) is 3.30. The van der Waals surface area contributed by atoms with E-state index >= 15 is 0 Å². The number of carbonyl (C=O) groups is 3. The minimum atomic E-state index is -0.868. The van der Waals surface area contributed by atoms with Crippen LogP contribution in [0.4, 0.5) is 10.5 Å². The molecular formula is C18H23N3O4. The van der Waals surface area contributed by atoms with Crippen LogP contribution in [-0.4, -0.2) is 47.0 Å². The number of piperidine rings is 1. The summed E-state index contributed by atoms with van der Waals surface area (Å²) in [5.41, 5.74) is 1.93. The molecule has 1 unspecified atom stereocenters. The zero-order valence-corrected chi connectivity index (χ0v) is 14.2. The number of carbonyl (C=O) groups excluding carboxylic acids is 2. The van der Waals surface area contributed by atoms with Gasteiger partial charge in [0, 0.05) is 30.4 Å². The number of nitrogens with one attached hydrogen (secondary N) is 2. The first-order chi connectivity index (χ1) is 11.9. The Bertz CT molecular complexity index is 700. The molecule has 0 radical (unpaired) electrons. The fourth-order valence-corrected chi connectivity index (χ4v) is 2.95. The zero-order chi connectivity index (χ0) is 18.0. The largest absolute Gasteiger partial charge is 0.481 e. The summed E-state index contributed by atoms with van der Waals surface area (Å²) in [5, 5.41) is 14.9. The van der Waals surface area contributed by atoms with Crippen LogP contribution >= 0.6 is 0 Å². The first-order valence-corrected chi connectivity index (χ1v) is 8.64. The molecule has 3 rings (SSSR count). The van der Waals surface area contributed by atoms with Gasteiger partial charge in [-0.05, 0) is 50.3 Å². The Morgan fingerprint density at radius 1 is 1.20 bits per heavy atom. The Hall–Kier alpha value is -2.57. The van der Waals surface area contributed by atoms with Crippen molar-refractivity contribution in [2.24, 2.45) is 5.92 Å². The monoisotopic (exact) mass is 345 g/mol. The van der Waals surface area contributed by atoms with Gasteiger partial charge in [0.25, 0.3) is 5.91 Å². The molecule has 1 aliphatic carbocycles. The second kappa shape index (κ2) is 7.13. The van der Waals surface area contributed by atoms with Gasteiger partial charge >= 0.3 is 12.0 Å². The van der Waals surface area contributed by atoms with Crippen LogP contribution in [0.2, 0.25) is 0 Å². The molecule has 3 amide bonds. The van der Waals surface area contributed by atoms with Crippen molar-refractivity contribution < 1.29 is 19.5 Å². The van der Waals surface area contributed by atoms with Gasteiger partial charge in [-0.3, -0.25) is 9.59 Å². The predicted molar refractivity (Wildman–Crippen MR) is 92.6 cm³/mol. The van der Waals surface area contributed by atoms with Crippen molar-refractivity contribution in [1.29, 1.82) is 0 Å². The van der Waals surface area contributed by atoms with E-state index in [2.05, 4.69) is 10.6 Å². The molecule has 0 bridgehead atoms. The number of anilines is 1. The van der Waals surface area contributed by atoms with Crippen LogP contribution in [0.25, 0.3) is 0 Å². The number of urea groups is 1. The standard InChI is InChI=1S/C18H23N3O4/c1-11-4-5-12(16(22)19-14-6-7-14)9-15(11)20-18(25)21-8-2-3-13(10-21)17(23)24/h4-5,9,13-14H,2-3,6-8,10H2,1H3,(H,19,22)(H,20,25)(H,23,24). The van der Waals surface area contributed by atoms with E-state index in [1.807, 2.05) is 6.92 Å². The lowest BCUT2D eigenvalue weighted by Crippen LogP contribution is -2.44. The lowest BCUT2D eigenvalue weighted by atomic mass is 9.99. The van der Waals surface area contributed by atoms with Gasteiger partial charge in [0.2, 0.25) is 0 Å². The minimum Gasteiger partial charge on any atom is -0.481 e. The predicted octanol–water partition coefficient (Wildman–Crippen LogP) is 2.22. The van der Waals surface area contributed by atoms with E-state index in [1.54, 1.807) is 18.2 Å². The SMILES string of the molecule is Cc1ccc(C(=O)NC2CC2)cc1NC(=O)N1CCCC(C(=O)O)C1. The average Bonchev–Trinajstić information content (AvgIpc) is 3.40. The molecule has 1 aliphatic heterocycles. The van der Waals surface area contributed by atoms with Crippen LogP contribution in [0, 0.1) is 12.8 Å². The number of aliphatic carboxylic acids is 1. The number of carboxylic acid groups (broad SMARTS) is 1. The third-order valence-corrected chi connectivity index (χ3v) is 4.71. The van der Waals surface area contributed by atoms with Crippen molar-refractivity contribution in [3.05, 3.63) is 29.3 Å². The normalized spacial score (nSPS) is 20.0. The summed E-state index contributed by atoms with van der Waals surface area (Å²) in [6, 6.07) is 5.16. The van der Waals surface area contributed by atoms with Crippen molar-refractivity contribution in [1.82, 2.24) is 10.2 Å². The van der Waals surface area contributed by atoms with Crippen LogP contribution in [0.5, 0.6) is 0 Å². The highest BCUT2D eigenvalue weighted by Gasteiger charge is 2.28. The molecule has 3 N–H and O–H groups in total. The second-order valence-electron chi connectivity index (χ2n) is 6.83. The van der Waals surface area contributed by atoms with Gasteiger partial charge in [-0.1, -0.05) is 6.07 Å². The molecule has 0 aromatic heterocycles. The number of amides is 3. The number of rotatable bonds is 4. The van der Waals surface area contributed by atoms with Crippen molar-refractivity contribution in [2.75, 3.05) is 18.4 Å². The summed E-state index contributed by atoms with van der Waals surface area (Å²) in [4.78, 5) is 37.3. The van der Waals surface area contributed by atoms with Crippen LogP contribution < -0.4 is 10.6 Å². The second-order valence-corrected chi connectivity index (χ2v) is 6.83. The molecule has 1 aromatic rings. The molecule has 1 saturated heterocycles. The first-order valence-electron chi connectivity index (χ1n) is 8.64. The number of benzene rings is 1. The molecule has 7 nitrogen and oxygen atoms in total. The molecule has 1 atom stereocenters. The van der Waals surface area contributed by atoms with E-state index in [-0.39, 0.29) is 24.5 Å². The molecule has 2 fully saturated rings. The number of hydrogen-bond donors (Lipinski definition) is 3. The molecule has 7 heteroatoms. The Balaban J connectivity index is 1.67. The van der Waals surface area contributed by atoms with E-state index in [1.165, 1.54) is 4.90 Å². The highest BCUT2D eigenvalue weighted by Crippen LogP contribution is 2.22. The topological polar surface area (TPSA) is 98.7 Å². The first kappa shape index (κ1) is 17.3. The Morgan fingerprint density at radius 3 is 2.64 bits per heavy atom. The lowest BCUT2D eigenvalue weighted by Gasteiger charge is -2.31. The number of hydrogen-bond acceptors (Lipinski definition) is 3. The van der Waals surface area contributed by atoms with Crippen molar-refractivity contribution in [3.8, 4) is 0 Å². The lowest BCUT2D eigenvalue weighted by molar-refractivity contribution is -0.143. The summed E-state index contributed by atoms with van der Waals surface area (Å²) in [6.45, 7) is 2.60. The van der Waals surface area contributed by atoms with Crippen LogP contribution in [0.3, 0.4) is 0 Å². The third-order valence-electron chi connectivity index (χ3n) is 4.71. The van der Waals surface area contributed by atoms with E-state index in [0.29, 0.717) is 30.6 Å². The fourth-order valence-electron chi connectivity index (χ4n) is 2.95. The van der Waals surface area contributed by atoms with Gasteiger partial charge < -0.3 is 20.6 Å². The number of nitrogens with zero attached hydrogens (tertiary/aromatic N) is 1. The maximum Gasteiger partial charge on any atom is 0.321 e. The van der Waals surface area contributed by atoms with Crippen LogP contribution in [0.15, 0.2) is 18.2 Å². The highest BCUT2D eigenvalue weighted by atomic mass is 16.4. The molecule has 25 heavy (non-hydrogen) atoms. The molecule has 2 aliphatic rings. The Labute approximate surface area is 146 Å². The summed E-state index contributed by atoms with van der Waals surface area (Å²) >= 11 is 0. The maximum atomic E-state index is 12.5. The Morgan fingerprint density at radius 2 is 1.96 bits per heavy atom. The van der Waals surface area contributed by atoms with Crippen molar-refractivity contribution in [2.45, 2.75) is 38.6 Å². The van der Waals surface area contributed by atoms with E-state index in [9.17, 15) is 14.4 Å².